The van der Waals surface area contributed by atoms with Gasteiger partial charge < -0.3 is 19.1 Å². The Bertz CT molecular complexity index is 952. The fraction of sp³-hybridized carbons (Fsp3) is 0.278. The molecule has 1 amide bonds. The Kier molecular flexibility index (Phi) is 5.13. The minimum Gasteiger partial charge on any atom is -0.497 e. The molecule has 0 atom stereocenters. The third-order valence-electron chi connectivity index (χ3n) is 4.09. The highest BCUT2D eigenvalue weighted by molar-refractivity contribution is 7.92. The van der Waals surface area contributed by atoms with Gasteiger partial charge in [-0.1, -0.05) is 0 Å². The molecule has 0 unspecified atom stereocenters. The molecule has 0 radical (unpaired) electrons. The third-order valence-corrected chi connectivity index (χ3v) is 5.47. The topological polar surface area (TPSA) is 94.2 Å². The van der Waals surface area contributed by atoms with E-state index in [2.05, 4.69) is 4.72 Å². The van der Waals surface area contributed by atoms with Crippen molar-refractivity contribution in [2.75, 3.05) is 37.0 Å². The van der Waals surface area contributed by atoms with E-state index in [4.69, 9.17) is 14.2 Å². The Morgan fingerprint density at radius 2 is 1.78 bits per heavy atom. The van der Waals surface area contributed by atoms with Crippen molar-refractivity contribution in [1.29, 1.82) is 0 Å². The lowest BCUT2D eigenvalue weighted by Gasteiger charge is -2.29. The number of rotatable bonds is 5. The van der Waals surface area contributed by atoms with Crippen molar-refractivity contribution >= 4 is 27.3 Å². The number of nitrogens with one attached hydrogen (secondary N) is 1. The molecule has 0 aromatic heterocycles. The van der Waals surface area contributed by atoms with Gasteiger partial charge in [0, 0.05) is 25.1 Å². The van der Waals surface area contributed by atoms with Crippen LogP contribution in [0.15, 0.2) is 41.3 Å². The number of methoxy groups -OCH3 is 2. The number of amides is 1. The Hall–Kier alpha value is -2.94. The van der Waals surface area contributed by atoms with Gasteiger partial charge in [0.1, 0.15) is 23.9 Å². The van der Waals surface area contributed by atoms with Crippen LogP contribution in [-0.4, -0.2) is 41.7 Å². The van der Waals surface area contributed by atoms with Crippen molar-refractivity contribution in [3.8, 4) is 17.2 Å². The summed E-state index contributed by atoms with van der Waals surface area (Å²) in [5.41, 5.74) is 0.725. The Morgan fingerprint density at radius 1 is 1.11 bits per heavy atom. The summed E-state index contributed by atoms with van der Waals surface area (Å²) in [5, 5.41) is 0. The molecule has 27 heavy (non-hydrogen) atoms. The first-order valence-electron chi connectivity index (χ1n) is 8.15. The van der Waals surface area contributed by atoms with Gasteiger partial charge in [0.15, 0.2) is 0 Å². The number of fused-ring (bicyclic) bond motifs is 1. The second-order valence-corrected chi connectivity index (χ2v) is 7.54. The summed E-state index contributed by atoms with van der Waals surface area (Å²) in [5.74, 6) is 1.19. The summed E-state index contributed by atoms with van der Waals surface area (Å²) >= 11 is 0. The van der Waals surface area contributed by atoms with Crippen molar-refractivity contribution in [2.24, 2.45) is 0 Å². The van der Waals surface area contributed by atoms with Crippen LogP contribution >= 0.6 is 0 Å². The van der Waals surface area contributed by atoms with Crippen molar-refractivity contribution in [1.82, 2.24) is 0 Å². The molecule has 2 aromatic rings. The van der Waals surface area contributed by atoms with Gasteiger partial charge in [0.05, 0.1) is 37.0 Å². The third kappa shape index (κ3) is 3.92. The molecule has 0 saturated carbocycles. The zero-order valence-corrected chi connectivity index (χ0v) is 16.0. The van der Waals surface area contributed by atoms with Crippen LogP contribution in [0.2, 0.25) is 0 Å². The Morgan fingerprint density at radius 3 is 2.37 bits per heavy atom. The SMILES string of the molecule is COc1cc(NS(=O)(=O)c2ccc3c(c2)N(C(C)=O)CCO3)cc(OC)c1. The molecular formula is C18H20N2O6S. The molecule has 0 fully saturated rings. The van der Waals surface area contributed by atoms with E-state index >= 15 is 0 Å². The summed E-state index contributed by atoms with van der Waals surface area (Å²) in [6.07, 6.45) is 0. The van der Waals surface area contributed by atoms with Gasteiger partial charge >= 0.3 is 0 Å². The molecular weight excluding hydrogens is 372 g/mol. The van der Waals surface area contributed by atoms with Gasteiger partial charge in [0.2, 0.25) is 5.91 Å². The second-order valence-electron chi connectivity index (χ2n) is 5.86. The molecule has 2 aromatic carbocycles. The zero-order chi connectivity index (χ0) is 19.6. The van der Waals surface area contributed by atoms with Gasteiger partial charge in [-0.2, -0.15) is 0 Å². The predicted molar refractivity (Wildman–Crippen MR) is 100 cm³/mol. The van der Waals surface area contributed by atoms with Crippen LogP contribution in [0.5, 0.6) is 17.2 Å². The van der Waals surface area contributed by atoms with Gasteiger partial charge in [-0.3, -0.25) is 9.52 Å². The maximum absolute atomic E-state index is 12.8. The van der Waals surface area contributed by atoms with Gasteiger partial charge in [-0.15, -0.1) is 0 Å². The summed E-state index contributed by atoms with van der Waals surface area (Å²) in [6.45, 7) is 2.16. The summed E-state index contributed by atoms with van der Waals surface area (Å²) < 4.78 is 44.0. The number of nitrogens with zero attached hydrogens (tertiary/aromatic N) is 1. The first kappa shape index (κ1) is 18.8. The number of anilines is 2. The van der Waals surface area contributed by atoms with Crippen LogP contribution in [0, 0.1) is 0 Å². The van der Waals surface area contributed by atoms with Crippen LogP contribution in [0.3, 0.4) is 0 Å². The highest BCUT2D eigenvalue weighted by Crippen LogP contribution is 2.35. The van der Waals surface area contributed by atoms with Crippen LogP contribution in [0.25, 0.3) is 0 Å². The largest absolute Gasteiger partial charge is 0.497 e. The van der Waals surface area contributed by atoms with Crippen molar-refractivity contribution in [2.45, 2.75) is 11.8 Å². The summed E-state index contributed by atoms with van der Waals surface area (Å²) in [6, 6.07) is 9.13. The lowest BCUT2D eigenvalue weighted by molar-refractivity contribution is -0.116. The van der Waals surface area contributed by atoms with Crippen molar-refractivity contribution in [3.63, 3.8) is 0 Å². The van der Waals surface area contributed by atoms with E-state index in [1.807, 2.05) is 0 Å². The van der Waals surface area contributed by atoms with Gasteiger partial charge in [-0.05, 0) is 18.2 Å². The van der Waals surface area contributed by atoms with Crippen molar-refractivity contribution < 1.29 is 27.4 Å². The van der Waals surface area contributed by atoms with Gasteiger partial charge in [-0.25, -0.2) is 8.42 Å². The fourth-order valence-electron chi connectivity index (χ4n) is 2.77. The zero-order valence-electron chi connectivity index (χ0n) is 15.2. The molecule has 1 N–H and O–H groups in total. The molecule has 0 bridgehead atoms. The minimum absolute atomic E-state index is 0.0137. The maximum atomic E-state index is 12.8. The maximum Gasteiger partial charge on any atom is 0.261 e. The highest BCUT2D eigenvalue weighted by Gasteiger charge is 2.25. The predicted octanol–water partition coefficient (Wildman–Crippen LogP) is 2.25. The van der Waals surface area contributed by atoms with E-state index in [1.165, 1.54) is 38.2 Å². The first-order valence-corrected chi connectivity index (χ1v) is 9.63. The standard InChI is InChI=1S/C18H20N2O6S/c1-12(21)20-6-7-26-18-5-4-16(11-17(18)20)27(22,23)19-13-8-14(24-2)10-15(9-13)25-3/h4-5,8-11,19H,6-7H2,1-3H3. The normalized spacial score (nSPS) is 13.4. The Labute approximate surface area is 157 Å². The average molecular weight is 392 g/mol. The number of carbonyl (C=O) groups excluding carboxylic acids is 1. The molecule has 3 rings (SSSR count). The highest BCUT2D eigenvalue weighted by atomic mass is 32.2. The summed E-state index contributed by atoms with van der Waals surface area (Å²) in [7, 11) is -0.942. The number of carbonyl (C=O) groups is 1. The molecule has 144 valence electrons. The lowest BCUT2D eigenvalue weighted by atomic mass is 10.2. The molecule has 1 aliphatic heterocycles. The van der Waals surface area contributed by atoms with Crippen LogP contribution in [0.4, 0.5) is 11.4 Å². The van der Waals surface area contributed by atoms with E-state index in [-0.39, 0.29) is 10.8 Å². The number of benzene rings is 2. The smallest absolute Gasteiger partial charge is 0.261 e. The fourth-order valence-corrected chi connectivity index (χ4v) is 3.83. The number of sulfonamides is 1. The molecule has 0 aliphatic carbocycles. The molecule has 1 heterocycles. The van der Waals surface area contributed by atoms with Crippen molar-refractivity contribution in [3.05, 3.63) is 36.4 Å². The number of ether oxygens (including phenoxy) is 3. The molecule has 1 aliphatic rings. The molecule has 0 saturated heterocycles. The van der Waals surface area contributed by atoms with E-state index in [1.54, 1.807) is 24.3 Å². The molecule has 0 spiro atoms. The average Bonchev–Trinajstić information content (AvgIpc) is 2.66. The summed E-state index contributed by atoms with van der Waals surface area (Å²) in [4.78, 5) is 13.3. The van der Waals surface area contributed by atoms with Gasteiger partial charge in [0.25, 0.3) is 10.0 Å². The molecule has 9 heteroatoms. The number of hydrogen-bond acceptors (Lipinski definition) is 6. The lowest BCUT2D eigenvalue weighted by Crippen LogP contribution is -2.36. The van der Waals surface area contributed by atoms with Crippen LogP contribution in [-0.2, 0) is 14.8 Å². The second kappa shape index (κ2) is 7.36. The first-order chi connectivity index (χ1) is 12.8. The minimum atomic E-state index is -3.90. The van der Waals surface area contributed by atoms with E-state index in [0.29, 0.717) is 41.8 Å². The monoisotopic (exact) mass is 392 g/mol. The quantitative estimate of drug-likeness (QED) is 0.839. The van der Waals surface area contributed by atoms with E-state index in [9.17, 15) is 13.2 Å². The van der Waals surface area contributed by atoms with Crippen LogP contribution < -0.4 is 23.8 Å². The number of hydrogen-bond donors (Lipinski definition) is 1. The van der Waals surface area contributed by atoms with E-state index < -0.39 is 10.0 Å². The molecule has 8 nitrogen and oxygen atoms in total. The Balaban J connectivity index is 1.96. The van der Waals surface area contributed by atoms with E-state index in [0.717, 1.165) is 0 Å². The van der Waals surface area contributed by atoms with Crippen LogP contribution in [0.1, 0.15) is 6.92 Å².